The van der Waals surface area contributed by atoms with E-state index in [4.69, 9.17) is 0 Å². The minimum absolute atomic E-state index is 0. The zero-order valence-corrected chi connectivity index (χ0v) is 17.0. The number of rotatable bonds is 2. The Balaban J connectivity index is 0.000000411. The summed E-state index contributed by atoms with van der Waals surface area (Å²) in [6.45, 7) is 0. The normalized spacial score (nSPS) is 13.3. The molecule has 0 radical (unpaired) electrons. The van der Waals surface area contributed by atoms with Crippen LogP contribution < -0.4 is 0 Å². The molecule has 0 amide bonds. The maximum absolute atomic E-state index is 3.28. The first-order chi connectivity index (χ1) is 10.9. The fourth-order valence-corrected chi connectivity index (χ4v) is 2.44. The Morgan fingerprint density at radius 1 is 0.560 bits per heavy atom. The quantitative estimate of drug-likeness (QED) is 0.396. The third-order valence-electron chi connectivity index (χ3n) is 3.56. The summed E-state index contributed by atoms with van der Waals surface area (Å²) in [5.41, 5.74) is 4.98. The van der Waals surface area contributed by atoms with Gasteiger partial charge in [0, 0.05) is 0 Å². The largest absolute Gasteiger partial charge is 2.00 e. The van der Waals surface area contributed by atoms with E-state index in [2.05, 4.69) is 85.0 Å². The molecule has 2 aromatic carbocycles. The van der Waals surface area contributed by atoms with Gasteiger partial charge in [0.2, 0.25) is 0 Å². The summed E-state index contributed by atoms with van der Waals surface area (Å²) in [5.74, 6) is 0. The predicted molar refractivity (Wildman–Crippen MR) is 108 cm³/mol. The van der Waals surface area contributed by atoms with Crippen LogP contribution in [0.15, 0.2) is 85.0 Å². The maximum atomic E-state index is 3.28. The van der Waals surface area contributed by atoms with E-state index in [-0.39, 0.29) is 46.5 Å². The first-order valence-electron chi connectivity index (χ1n) is 7.59. The van der Waals surface area contributed by atoms with Gasteiger partial charge in [-0.3, -0.25) is 0 Å². The summed E-state index contributed by atoms with van der Waals surface area (Å²) < 4.78 is 0. The van der Waals surface area contributed by atoms with Gasteiger partial charge < -0.3 is 0 Å². The Hall–Kier alpha value is -1.31. The van der Waals surface area contributed by atoms with Crippen molar-refractivity contribution in [3.8, 4) is 0 Å². The van der Waals surface area contributed by atoms with E-state index in [0.29, 0.717) is 0 Å². The first kappa shape index (κ1) is 23.7. The molecule has 0 spiro atoms. The molecule has 0 aromatic heterocycles. The van der Waals surface area contributed by atoms with E-state index < -0.39 is 0 Å². The zero-order chi connectivity index (χ0) is 15.0. The molecule has 3 heteroatoms. The van der Waals surface area contributed by atoms with Crippen LogP contribution in [-0.2, 0) is 21.7 Å². The van der Waals surface area contributed by atoms with Gasteiger partial charge in [0.1, 0.15) is 0 Å². The summed E-state index contributed by atoms with van der Waals surface area (Å²) >= 11 is 0. The summed E-state index contributed by atoms with van der Waals surface area (Å²) in [6, 6.07) is 20.7. The molecule has 4 rings (SSSR count). The van der Waals surface area contributed by atoms with Gasteiger partial charge in [0.05, 0.1) is 0 Å². The van der Waals surface area contributed by atoms with Gasteiger partial charge in [-0.1, -0.05) is 49.2 Å². The number of halogens is 2. The van der Waals surface area contributed by atoms with Gasteiger partial charge in [0.25, 0.3) is 0 Å². The van der Waals surface area contributed by atoms with E-state index in [1.165, 1.54) is 22.3 Å². The molecule has 2 aliphatic rings. The molecule has 25 heavy (non-hydrogen) atoms. The second-order valence-corrected chi connectivity index (χ2v) is 5.13. The van der Waals surface area contributed by atoms with Crippen molar-refractivity contribution in [3.63, 3.8) is 0 Å². The van der Waals surface area contributed by atoms with E-state index >= 15 is 0 Å². The Morgan fingerprint density at radius 3 is 1.20 bits per heavy atom. The third-order valence-corrected chi connectivity index (χ3v) is 3.56. The average molecular weight is 403 g/mol. The van der Waals surface area contributed by atoms with Crippen molar-refractivity contribution < 1.29 is 21.7 Å². The van der Waals surface area contributed by atoms with Crippen molar-refractivity contribution in [1.82, 2.24) is 0 Å². The van der Waals surface area contributed by atoms with Crippen molar-refractivity contribution in [2.24, 2.45) is 0 Å². The van der Waals surface area contributed by atoms with Crippen molar-refractivity contribution >= 4 is 36.0 Å². The van der Waals surface area contributed by atoms with Crippen LogP contribution in [0.4, 0.5) is 0 Å². The molecule has 0 heterocycles. The van der Waals surface area contributed by atoms with Crippen LogP contribution in [0.2, 0.25) is 0 Å². The molecule has 126 valence electrons. The van der Waals surface area contributed by atoms with Gasteiger partial charge in [-0.2, -0.15) is 35.5 Å². The van der Waals surface area contributed by atoms with E-state index in [1.807, 2.05) is 12.1 Å². The summed E-state index contributed by atoms with van der Waals surface area (Å²) in [5, 5.41) is 0. The molecule has 2 aromatic rings. The molecule has 0 fully saturated rings. The number of hydrogen-bond acceptors (Lipinski definition) is 0. The Kier molecular flexibility index (Phi) is 12.3. The van der Waals surface area contributed by atoms with Crippen molar-refractivity contribution in [1.29, 1.82) is 0 Å². The topological polar surface area (TPSA) is 0 Å². The van der Waals surface area contributed by atoms with Crippen LogP contribution in [0.1, 0.15) is 24.0 Å². The molecule has 0 unspecified atom stereocenters. The van der Waals surface area contributed by atoms with Gasteiger partial charge in [-0.25, -0.2) is 0 Å². The SMILES string of the molecule is Cl.Cl.[C-]1=C(c2ccccc2)C=CC1.[C-]1=C(c2ccccc2)C=CC1.[Ti+2]. The summed E-state index contributed by atoms with van der Waals surface area (Å²) in [7, 11) is 0. The molecule has 0 aliphatic heterocycles. The van der Waals surface area contributed by atoms with Crippen molar-refractivity contribution in [3.05, 3.63) is 108 Å². The average Bonchev–Trinajstić information content (AvgIpc) is 3.31. The standard InChI is InChI=1S/2C11H9.2ClH.Ti/c2*1-2-6-10(7-3-1)11-8-4-5-9-11;;;/h2*1-4,6-8H,5H2;2*1H;/q2*-1;;;+2. The second-order valence-electron chi connectivity index (χ2n) is 5.13. The Labute approximate surface area is 178 Å². The van der Waals surface area contributed by atoms with Gasteiger partial charge >= 0.3 is 21.7 Å². The molecule has 0 nitrogen and oxygen atoms in total. The summed E-state index contributed by atoms with van der Waals surface area (Å²) in [6.07, 6.45) is 17.0. The molecule has 2 aliphatic carbocycles. The van der Waals surface area contributed by atoms with E-state index in [9.17, 15) is 0 Å². The number of hydrogen-bond donors (Lipinski definition) is 0. The monoisotopic (exact) mass is 402 g/mol. The molecule has 0 saturated heterocycles. The zero-order valence-electron chi connectivity index (χ0n) is 13.8. The molecule has 0 saturated carbocycles. The van der Waals surface area contributed by atoms with Crippen molar-refractivity contribution in [2.75, 3.05) is 0 Å². The molecule has 0 bridgehead atoms. The fraction of sp³-hybridized carbons (Fsp3) is 0.0909. The van der Waals surface area contributed by atoms with Crippen LogP contribution >= 0.6 is 24.8 Å². The van der Waals surface area contributed by atoms with Crippen molar-refractivity contribution in [2.45, 2.75) is 12.8 Å². The van der Waals surface area contributed by atoms with Crippen LogP contribution in [0.3, 0.4) is 0 Å². The second kappa shape index (κ2) is 13.0. The van der Waals surface area contributed by atoms with Crippen LogP contribution in [0.25, 0.3) is 11.1 Å². The third kappa shape index (κ3) is 7.22. The minimum Gasteiger partial charge on any atom is -0.197 e. The molecular weight excluding hydrogens is 383 g/mol. The number of allylic oxidation sites excluding steroid dienone is 8. The van der Waals surface area contributed by atoms with Crippen LogP contribution in [0, 0.1) is 12.2 Å². The Bertz CT molecular complexity index is 664. The predicted octanol–water partition coefficient (Wildman–Crippen LogP) is 6.51. The molecule has 0 N–H and O–H groups in total. The van der Waals surface area contributed by atoms with Gasteiger partial charge in [-0.05, 0) is 0 Å². The summed E-state index contributed by atoms with van der Waals surface area (Å²) in [4.78, 5) is 0. The maximum Gasteiger partial charge on any atom is 2.00 e. The van der Waals surface area contributed by atoms with Gasteiger partial charge in [0.15, 0.2) is 0 Å². The fourth-order valence-electron chi connectivity index (χ4n) is 2.44. The van der Waals surface area contributed by atoms with E-state index in [0.717, 1.165) is 12.8 Å². The van der Waals surface area contributed by atoms with Crippen LogP contribution in [-0.4, -0.2) is 0 Å². The smallest absolute Gasteiger partial charge is 0.197 e. The first-order valence-corrected chi connectivity index (χ1v) is 7.59. The van der Waals surface area contributed by atoms with E-state index in [1.54, 1.807) is 0 Å². The minimum atomic E-state index is 0. The molecular formula is C22H20Cl2Ti. The van der Waals surface area contributed by atoms with Gasteiger partial charge in [-0.15, -0.1) is 72.4 Å². The van der Waals surface area contributed by atoms with Crippen LogP contribution in [0.5, 0.6) is 0 Å². The Morgan fingerprint density at radius 2 is 0.920 bits per heavy atom. The molecule has 0 atom stereocenters. The number of benzene rings is 2.